The number of cyclic esters (lactones) is 1. The lowest BCUT2D eigenvalue weighted by molar-refractivity contribution is -0.175. The van der Waals surface area contributed by atoms with E-state index in [-0.39, 0.29) is 122 Å². The summed E-state index contributed by atoms with van der Waals surface area (Å²) in [6, 6.07) is 14.4. The van der Waals surface area contributed by atoms with Crippen molar-refractivity contribution in [1.29, 1.82) is 0 Å². The number of nitrogens with one attached hydrogen (secondary N) is 1. The molecule has 3 aromatic heterocycles. The van der Waals surface area contributed by atoms with E-state index in [0.29, 0.717) is 81.2 Å². The zero-order valence-corrected chi connectivity index (χ0v) is 50.1. The van der Waals surface area contributed by atoms with Crippen LogP contribution in [0.3, 0.4) is 0 Å². The third-order valence-electron chi connectivity index (χ3n) is 17.3. The van der Waals surface area contributed by atoms with Crippen LogP contribution in [-0.4, -0.2) is 110 Å². The van der Waals surface area contributed by atoms with Crippen molar-refractivity contribution in [2.75, 3.05) is 38.3 Å². The lowest BCUT2D eigenvalue weighted by Gasteiger charge is -2.35. The summed E-state index contributed by atoms with van der Waals surface area (Å²) in [7, 11) is 0. The number of amides is 3. The number of anilines is 1. The zero-order chi connectivity index (χ0) is 61.1. The van der Waals surface area contributed by atoms with Gasteiger partial charge >= 0.3 is 12.1 Å². The van der Waals surface area contributed by atoms with E-state index in [1.165, 1.54) is 4.90 Å². The van der Waals surface area contributed by atoms with Crippen LogP contribution in [0.5, 0.6) is 0 Å². The number of carbonyl (C=O) groups excluding carboxylic acids is 8. The summed E-state index contributed by atoms with van der Waals surface area (Å²) in [6.07, 6.45) is 9.28. The van der Waals surface area contributed by atoms with Crippen LogP contribution in [0.15, 0.2) is 59.5 Å². The number of Topliss-reactive ketones (excluding diaryl/α,β-unsaturated/α-hetero) is 3. The largest absolute Gasteiger partial charge is 0.510 e. The number of fused-ring (bicyclic) bond motifs is 5. The molecule has 3 amide bonds. The number of hydrogen-bond donors (Lipinski definition) is 1. The first-order chi connectivity index (χ1) is 41.5. The quantitative estimate of drug-likeness (QED) is 0.0251. The Morgan fingerprint density at radius 1 is 0.872 bits per heavy atom. The minimum absolute atomic E-state index is 0.0205. The van der Waals surface area contributed by atoms with Crippen molar-refractivity contribution < 1.29 is 62.0 Å². The number of aromatic nitrogens is 5. The summed E-state index contributed by atoms with van der Waals surface area (Å²) in [5, 5.41) is 12.3. The van der Waals surface area contributed by atoms with Gasteiger partial charge in [-0.1, -0.05) is 75.9 Å². The van der Waals surface area contributed by atoms with E-state index in [4.69, 9.17) is 28.7 Å². The van der Waals surface area contributed by atoms with Crippen molar-refractivity contribution in [2.24, 2.45) is 23.7 Å². The van der Waals surface area contributed by atoms with E-state index in [1.807, 2.05) is 26.0 Å². The Balaban J connectivity index is 0.666. The number of ether oxygens (including phenoxy) is 5. The molecule has 21 heteroatoms. The van der Waals surface area contributed by atoms with Crippen molar-refractivity contribution in [3.8, 4) is 11.4 Å². The van der Waals surface area contributed by atoms with Gasteiger partial charge in [-0.25, -0.2) is 19.3 Å². The number of rotatable bonds is 30. The normalized spacial score (nSPS) is 19.2. The van der Waals surface area contributed by atoms with Crippen molar-refractivity contribution >= 4 is 63.8 Å². The second-order valence-corrected chi connectivity index (χ2v) is 23.5. The molecule has 1 saturated carbocycles. The molecule has 2 aromatic carbocycles. The molecule has 4 aliphatic rings. The summed E-state index contributed by atoms with van der Waals surface area (Å²) < 4.78 is 31.4. The average Bonchev–Trinajstić information content (AvgIpc) is 1.58. The molecule has 1 aliphatic carbocycles. The van der Waals surface area contributed by atoms with E-state index in [0.717, 1.165) is 84.7 Å². The van der Waals surface area contributed by atoms with Gasteiger partial charge in [0.25, 0.3) is 5.56 Å². The molecule has 3 atom stereocenters. The zero-order valence-electron chi connectivity index (χ0n) is 50.1. The molecule has 3 unspecified atom stereocenters. The Kier molecular flexibility index (Phi) is 20.9. The molecule has 1 saturated heterocycles. The lowest BCUT2D eigenvalue weighted by atomic mass is 9.79. The minimum atomic E-state index is -1.96. The van der Waals surface area contributed by atoms with Gasteiger partial charge in [-0.3, -0.25) is 38.5 Å². The van der Waals surface area contributed by atoms with Gasteiger partial charge < -0.3 is 33.6 Å². The summed E-state index contributed by atoms with van der Waals surface area (Å²) >= 11 is 0. The molecular formula is C65H79N7O14. The molecule has 9 rings (SSSR count). The highest BCUT2D eigenvalue weighted by Gasteiger charge is 2.51. The molecule has 0 spiro atoms. The minimum Gasteiger partial charge on any atom is -0.457 e. The SMILES string of the molecule is CCCCCC(CC(=O)COCC(=O)CCCOCCn1cc(CCC(=O)C2CCC(CN3C(=O)CC(C)C3=O)CC2)nn1)C(=O)Nc1ccc(COC(=O)OC2(CC)C(=O)OCc3c2cc2n(c3=O)Cc3c-2nc2ccc(C)cc2c3CC)cc1. The fourth-order valence-electron chi connectivity index (χ4n) is 12.3. The molecule has 6 heterocycles. The van der Waals surface area contributed by atoms with Gasteiger partial charge in [0.05, 0.1) is 47.9 Å². The summed E-state index contributed by atoms with van der Waals surface area (Å²) in [5.74, 6) is -2.27. The Labute approximate surface area is 500 Å². The predicted octanol–water partition coefficient (Wildman–Crippen LogP) is 8.78. The summed E-state index contributed by atoms with van der Waals surface area (Å²) in [4.78, 5) is 125. The van der Waals surface area contributed by atoms with Crippen LogP contribution in [-0.2, 0) is 102 Å². The third kappa shape index (κ3) is 14.7. The van der Waals surface area contributed by atoms with Crippen molar-refractivity contribution in [3.63, 3.8) is 0 Å². The molecule has 1 N–H and O–H groups in total. The molecule has 0 bridgehead atoms. The molecule has 5 aromatic rings. The van der Waals surface area contributed by atoms with Crippen molar-refractivity contribution in [3.05, 3.63) is 104 Å². The van der Waals surface area contributed by atoms with E-state index in [9.17, 15) is 43.2 Å². The van der Waals surface area contributed by atoms with Crippen molar-refractivity contribution in [1.82, 2.24) is 29.4 Å². The molecule has 458 valence electrons. The van der Waals surface area contributed by atoms with Gasteiger partial charge in [-0.05, 0) is 106 Å². The molecule has 2 fully saturated rings. The van der Waals surface area contributed by atoms with Gasteiger partial charge in [0, 0.05) is 91.4 Å². The smallest absolute Gasteiger partial charge is 0.457 e. The standard InChI is InChI=1S/C65H79N7O14/c1-6-9-10-12-45(31-49(74)38-83-37-48(73)13-11-27-82-28-26-70-34-47(68-69-70)23-25-57(75)44-19-15-42(16-20-44)33-72-58(76)30-41(5)61(72)78)60(77)66-46-21-17-43(18-22-46)36-85-64(81)86-65(8-3)54-32-56-59-52(35-71(56)62(79)53(54)39-84-63(65)80)50(7-2)51-29-40(4)14-24-55(51)67-59/h14,17-18,21-22,24,29,32,34,41-42,44-45H,6-13,15-16,19-20,23,25-28,30-31,33,35-39H2,1-5H3,(H,66,77). The highest BCUT2D eigenvalue weighted by Crippen LogP contribution is 2.43. The maximum Gasteiger partial charge on any atom is 0.510 e. The fraction of sp³-hybridized carbons (Fsp3) is 0.538. The van der Waals surface area contributed by atoms with E-state index >= 15 is 0 Å². The lowest BCUT2D eigenvalue weighted by Crippen LogP contribution is -2.47. The first-order valence-corrected chi connectivity index (χ1v) is 30.6. The molecule has 3 aliphatic heterocycles. The predicted molar refractivity (Wildman–Crippen MR) is 315 cm³/mol. The van der Waals surface area contributed by atoms with Crippen LogP contribution in [0.4, 0.5) is 10.5 Å². The highest BCUT2D eigenvalue weighted by molar-refractivity contribution is 6.03. The Morgan fingerprint density at radius 2 is 1.65 bits per heavy atom. The topological polar surface area (TPSA) is 264 Å². The number of unbranched alkanes of at least 4 members (excludes halogenated alkanes) is 2. The van der Waals surface area contributed by atoms with Crippen LogP contribution in [0.25, 0.3) is 22.3 Å². The number of benzene rings is 2. The highest BCUT2D eigenvalue weighted by atomic mass is 16.7. The fourth-order valence-corrected chi connectivity index (χ4v) is 12.3. The molecule has 0 radical (unpaired) electrons. The first-order valence-electron chi connectivity index (χ1n) is 30.6. The number of likely N-dealkylation sites (tertiary alicyclic amines) is 1. The van der Waals surface area contributed by atoms with Crippen LogP contribution >= 0.6 is 0 Å². The maximum atomic E-state index is 14.2. The number of carbonyl (C=O) groups is 8. The van der Waals surface area contributed by atoms with Gasteiger partial charge in [-0.2, -0.15) is 0 Å². The molecule has 86 heavy (non-hydrogen) atoms. The monoisotopic (exact) mass is 1180 g/mol. The van der Waals surface area contributed by atoms with Gasteiger partial charge in [0.1, 0.15) is 32.2 Å². The number of nitrogens with zero attached hydrogens (tertiary/aromatic N) is 6. The number of hydrogen-bond acceptors (Lipinski definition) is 17. The first kappa shape index (κ1) is 62.7. The van der Waals surface area contributed by atoms with Gasteiger partial charge in [0.15, 0.2) is 11.6 Å². The average molecular weight is 1180 g/mol. The third-order valence-corrected chi connectivity index (χ3v) is 17.3. The van der Waals surface area contributed by atoms with E-state index < -0.39 is 23.6 Å². The number of pyridine rings is 2. The number of ketones is 3. The van der Waals surface area contributed by atoms with E-state index in [1.54, 1.807) is 59.6 Å². The molecule has 21 nitrogen and oxygen atoms in total. The van der Waals surface area contributed by atoms with Crippen LogP contribution in [0.2, 0.25) is 0 Å². The van der Waals surface area contributed by atoms with Crippen molar-refractivity contribution in [2.45, 2.75) is 169 Å². The van der Waals surface area contributed by atoms with Gasteiger partial charge in [0.2, 0.25) is 23.3 Å². The molecular weight excluding hydrogens is 1100 g/mol. The summed E-state index contributed by atoms with van der Waals surface area (Å²) in [6.45, 7) is 10.4. The number of imide groups is 1. The Bertz CT molecular complexity index is 3420. The second kappa shape index (κ2) is 28.6. The van der Waals surface area contributed by atoms with Crippen LogP contribution < -0.4 is 10.9 Å². The second-order valence-electron chi connectivity index (χ2n) is 23.5. The number of aryl methyl sites for hydroxylation is 3. The van der Waals surface area contributed by atoms with E-state index in [2.05, 4.69) is 28.6 Å². The maximum absolute atomic E-state index is 14.2. The van der Waals surface area contributed by atoms with Gasteiger partial charge in [-0.15, -0.1) is 5.10 Å². The summed E-state index contributed by atoms with van der Waals surface area (Å²) in [5.41, 5.74) is 4.97. The number of esters is 1. The Hall–Kier alpha value is -7.78. The Morgan fingerprint density at radius 3 is 2.38 bits per heavy atom. The van der Waals surface area contributed by atoms with Crippen LogP contribution in [0.1, 0.15) is 157 Å². The van der Waals surface area contributed by atoms with Crippen LogP contribution in [0, 0.1) is 30.6 Å².